The van der Waals surface area contributed by atoms with Gasteiger partial charge in [-0.05, 0) is 17.5 Å². The molecular formula is C20H22N2O4. The summed E-state index contributed by atoms with van der Waals surface area (Å²) < 4.78 is 0. The Hall–Kier alpha value is -2.99. The largest absolute Gasteiger partial charge is 0.480 e. The molecular weight excluding hydrogens is 332 g/mol. The first-order valence-corrected chi connectivity index (χ1v) is 8.34. The van der Waals surface area contributed by atoms with Gasteiger partial charge in [0.25, 0.3) is 0 Å². The van der Waals surface area contributed by atoms with E-state index in [1.165, 1.54) is 0 Å². The number of carboxylic acid groups (broad SMARTS) is 1. The Morgan fingerprint density at radius 1 is 0.885 bits per heavy atom. The number of ketones is 1. The molecule has 0 spiro atoms. The molecule has 2 rings (SSSR count). The molecule has 6 heteroatoms. The van der Waals surface area contributed by atoms with Crippen molar-refractivity contribution in [2.75, 3.05) is 0 Å². The van der Waals surface area contributed by atoms with Crippen molar-refractivity contribution in [2.24, 2.45) is 5.73 Å². The molecule has 0 aromatic heterocycles. The maximum atomic E-state index is 12.1. The molecule has 2 atom stereocenters. The maximum Gasteiger partial charge on any atom is 0.326 e. The van der Waals surface area contributed by atoms with Crippen LogP contribution in [0.1, 0.15) is 17.5 Å². The second-order valence-corrected chi connectivity index (χ2v) is 6.09. The van der Waals surface area contributed by atoms with Crippen molar-refractivity contribution in [1.29, 1.82) is 0 Å². The first kappa shape index (κ1) is 19.3. The number of carbonyl (C=O) groups excluding carboxylic acids is 2. The summed E-state index contributed by atoms with van der Waals surface area (Å²) >= 11 is 0. The van der Waals surface area contributed by atoms with Crippen LogP contribution in [0.3, 0.4) is 0 Å². The fraction of sp³-hybridized carbons (Fsp3) is 0.250. The van der Waals surface area contributed by atoms with Crippen molar-refractivity contribution in [3.63, 3.8) is 0 Å². The molecule has 0 fully saturated rings. The number of aliphatic carboxylic acids is 1. The molecule has 0 unspecified atom stereocenters. The molecule has 4 N–H and O–H groups in total. The minimum atomic E-state index is -1.15. The Labute approximate surface area is 152 Å². The highest BCUT2D eigenvalue weighted by atomic mass is 16.4. The average molecular weight is 354 g/mol. The van der Waals surface area contributed by atoms with E-state index in [4.69, 9.17) is 5.73 Å². The van der Waals surface area contributed by atoms with E-state index in [1.54, 1.807) is 24.3 Å². The lowest BCUT2D eigenvalue weighted by atomic mass is 10.0. The number of nitrogens with two attached hydrogens (primary N) is 1. The highest BCUT2D eigenvalue weighted by Gasteiger charge is 2.23. The predicted molar refractivity (Wildman–Crippen MR) is 97.5 cm³/mol. The Morgan fingerprint density at radius 2 is 1.38 bits per heavy atom. The second kappa shape index (κ2) is 9.48. The van der Waals surface area contributed by atoms with Gasteiger partial charge in [-0.2, -0.15) is 0 Å². The van der Waals surface area contributed by atoms with Crippen LogP contribution in [0, 0.1) is 0 Å². The summed E-state index contributed by atoms with van der Waals surface area (Å²) in [7, 11) is 0. The van der Waals surface area contributed by atoms with Crippen molar-refractivity contribution in [3.05, 3.63) is 71.8 Å². The summed E-state index contributed by atoms with van der Waals surface area (Å²) in [5.41, 5.74) is 7.55. The molecule has 0 radical (unpaired) electrons. The minimum absolute atomic E-state index is 0.145. The van der Waals surface area contributed by atoms with E-state index in [9.17, 15) is 19.5 Å². The number of carbonyl (C=O) groups is 3. The summed E-state index contributed by atoms with van der Waals surface area (Å²) in [6.07, 6.45) is 0.0398. The molecule has 0 bridgehead atoms. The van der Waals surface area contributed by atoms with E-state index in [0.717, 1.165) is 11.1 Å². The van der Waals surface area contributed by atoms with Gasteiger partial charge in [-0.3, -0.25) is 9.59 Å². The number of carboxylic acids is 1. The van der Waals surface area contributed by atoms with Gasteiger partial charge < -0.3 is 16.2 Å². The summed E-state index contributed by atoms with van der Waals surface area (Å²) in [4.78, 5) is 35.6. The van der Waals surface area contributed by atoms with Gasteiger partial charge in [-0.25, -0.2) is 4.79 Å². The van der Waals surface area contributed by atoms with Crippen molar-refractivity contribution in [2.45, 2.75) is 31.3 Å². The monoisotopic (exact) mass is 354 g/mol. The Kier molecular flexibility index (Phi) is 7.05. The average Bonchev–Trinajstić information content (AvgIpc) is 2.62. The number of amides is 1. The number of hydrogen-bond acceptors (Lipinski definition) is 4. The predicted octanol–water partition coefficient (Wildman–Crippen LogP) is 1.33. The van der Waals surface area contributed by atoms with Crippen molar-refractivity contribution >= 4 is 17.7 Å². The summed E-state index contributed by atoms with van der Waals surface area (Å²) in [6, 6.07) is 16.3. The first-order valence-electron chi connectivity index (χ1n) is 8.34. The lowest BCUT2D eigenvalue weighted by Crippen LogP contribution is -2.44. The van der Waals surface area contributed by atoms with Crippen molar-refractivity contribution in [3.8, 4) is 0 Å². The Balaban J connectivity index is 1.88. The fourth-order valence-corrected chi connectivity index (χ4v) is 2.57. The van der Waals surface area contributed by atoms with Gasteiger partial charge in [0, 0.05) is 6.42 Å². The van der Waals surface area contributed by atoms with Crippen LogP contribution in [0.15, 0.2) is 60.7 Å². The van der Waals surface area contributed by atoms with E-state index in [0.29, 0.717) is 6.42 Å². The molecule has 2 aromatic carbocycles. The van der Waals surface area contributed by atoms with E-state index < -0.39 is 36.2 Å². The topological polar surface area (TPSA) is 109 Å². The van der Waals surface area contributed by atoms with Gasteiger partial charge in [0.15, 0.2) is 5.78 Å². The van der Waals surface area contributed by atoms with E-state index >= 15 is 0 Å². The summed E-state index contributed by atoms with van der Waals surface area (Å²) in [6.45, 7) is 0. The third-order valence-electron chi connectivity index (χ3n) is 3.96. The number of Topliss-reactive ketones (excluding diaryl/α,β-unsaturated/α-hetero) is 1. The fourth-order valence-electron chi connectivity index (χ4n) is 2.57. The lowest BCUT2D eigenvalue weighted by Gasteiger charge is -2.15. The normalized spacial score (nSPS) is 12.8. The first-order chi connectivity index (χ1) is 12.5. The van der Waals surface area contributed by atoms with Crippen LogP contribution in [0.5, 0.6) is 0 Å². The zero-order valence-electron chi connectivity index (χ0n) is 14.3. The molecule has 0 aliphatic rings. The molecule has 0 heterocycles. The smallest absolute Gasteiger partial charge is 0.326 e. The molecule has 0 aliphatic heterocycles. The molecule has 2 aromatic rings. The van der Waals surface area contributed by atoms with E-state index in [1.807, 2.05) is 36.4 Å². The van der Waals surface area contributed by atoms with Crippen LogP contribution in [0.2, 0.25) is 0 Å². The SMILES string of the molecule is N[C@H](Cc1ccccc1)C(=O)CC(=O)N[C@@H](Cc1ccccc1)C(=O)O. The third kappa shape index (κ3) is 6.14. The van der Waals surface area contributed by atoms with Gasteiger partial charge in [-0.1, -0.05) is 60.7 Å². The van der Waals surface area contributed by atoms with Crippen molar-refractivity contribution < 1.29 is 19.5 Å². The molecule has 0 saturated carbocycles. The number of rotatable bonds is 9. The standard InChI is InChI=1S/C20H22N2O4/c21-16(11-14-7-3-1-4-8-14)18(23)13-19(24)22-17(20(25)26)12-15-9-5-2-6-10-15/h1-10,16-17H,11-13,21H2,(H,22,24)(H,25,26)/t16-,17+/m1/s1. The Morgan fingerprint density at radius 3 is 1.88 bits per heavy atom. The molecule has 1 amide bonds. The van der Waals surface area contributed by atoms with Gasteiger partial charge in [0.2, 0.25) is 5.91 Å². The quantitative estimate of drug-likeness (QED) is 0.589. The van der Waals surface area contributed by atoms with Crippen LogP contribution in [-0.4, -0.2) is 34.8 Å². The summed E-state index contributed by atoms with van der Waals surface area (Å²) in [5.74, 6) is -2.21. The van der Waals surface area contributed by atoms with Crippen LogP contribution < -0.4 is 11.1 Å². The van der Waals surface area contributed by atoms with Crippen LogP contribution in [0.25, 0.3) is 0 Å². The van der Waals surface area contributed by atoms with Gasteiger partial charge >= 0.3 is 5.97 Å². The maximum absolute atomic E-state index is 12.1. The highest BCUT2D eigenvalue weighted by molar-refractivity contribution is 6.01. The highest BCUT2D eigenvalue weighted by Crippen LogP contribution is 2.06. The molecule has 0 saturated heterocycles. The van der Waals surface area contributed by atoms with Gasteiger partial charge in [0.1, 0.15) is 6.04 Å². The number of nitrogens with one attached hydrogen (secondary N) is 1. The molecule has 136 valence electrons. The van der Waals surface area contributed by atoms with Gasteiger partial charge in [0.05, 0.1) is 12.5 Å². The molecule has 26 heavy (non-hydrogen) atoms. The van der Waals surface area contributed by atoms with E-state index in [-0.39, 0.29) is 6.42 Å². The zero-order valence-corrected chi connectivity index (χ0v) is 14.3. The number of benzene rings is 2. The molecule has 0 aliphatic carbocycles. The Bertz CT molecular complexity index is 747. The van der Waals surface area contributed by atoms with Crippen LogP contribution in [0.4, 0.5) is 0 Å². The molecule has 6 nitrogen and oxygen atoms in total. The van der Waals surface area contributed by atoms with Crippen LogP contribution in [-0.2, 0) is 27.2 Å². The van der Waals surface area contributed by atoms with Gasteiger partial charge in [-0.15, -0.1) is 0 Å². The second-order valence-electron chi connectivity index (χ2n) is 6.09. The number of hydrogen-bond donors (Lipinski definition) is 3. The van der Waals surface area contributed by atoms with E-state index in [2.05, 4.69) is 5.32 Å². The summed E-state index contributed by atoms with van der Waals surface area (Å²) in [5, 5.41) is 11.7. The third-order valence-corrected chi connectivity index (χ3v) is 3.96. The van der Waals surface area contributed by atoms with Crippen molar-refractivity contribution in [1.82, 2.24) is 5.32 Å². The lowest BCUT2D eigenvalue weighted by molar-refractivity contribution is -0.142. The van der Waals surface area contributed by atoms with Crippen LogP contribution >= 0.6 is 0 Å². The zero-order chi connectivity index (χ0) is 18.9. The minimum Gasteiger partial charge on any atom is -0.480 e.